The predicted molar refractivity (Wildman–Crippen MR) is 67.6 cm³/mol. The van der Waals surface area contributed by atoms with Crippen LogP contribution in [0.15, 0.2) is 24.7 Å². The van der Waals surface area contributed by atoms with E-state index >= 15 is 0 Å². The molecule has 0 aromatic carbocycles. The van der Waals surface area contributed by atoms with Gasteiger partial charge in [0.25, 0.3) is 0 Å². The molecule has 0 radical (unpaired) electrons. The van der Waals surface area contributed by atoms with Crippen LogP contribution < -0.4 is 0 Å². The molecule has 4 heteroatoms. The van der Waals surface area contributed by atoms with Gasteiger partial charge in [0.15, 0.2) is 11.6 Å². The minimum Gasteiger partial charge on any atom is -0.331 e. The van der Waals surface area contributed by atoms with Crippen LogP contribution in [0.25, 0.3) is 11.6 Å². The largest absolute Gasteiger partial charge is 0.331 e. The summed E-state index contributed by atoms with van der Waals surface area (Å²) in [5.74, 6) is 1.50. The number of hydrogen-bond acceptors (Lipinski definition) is 3. The molecule has 0 N–H and O–H groups in total. The molecule has 0 spiro atoms. The smallest absolute Gasteiger partial charge is 0.195 e. The van der Waals surface area contributed by atoms with Crippen LogP contribution in [0.5, 0.6) is 0 Å². The average molecular weight is 230 g/mol. The van der Waals surface area contributed by atoms with Crippen LogP contribution in [0.3, 0.4) is 0 Å². The van der Waals surface area contributed by atoms with E-state index in [-0.39, 0.29) is 5.41 Å². The topological polar surface area (TPSA) is 43.6 Å². The SMILES string of the molecule is CCC(C)(C)c1cn(C)c(-c2ncccn2)n1. The molecule has 2 rings (SSSR count). The monoisotopic (exact) mass is 230 g/mol. The molecule has 0 aliphatic carbocycles. The fourth-order valence-corrected chi connectivity index (χ4v) is 1.60. The Kier molecular flexibility index (Phi) is 2.96. The second-order valence-corrected chi connectivity index (χ2v) is 4.87. The van der Waals surface area contributed by atoms with Crippen LogP contribution >= 0.6 is 0 Å². The quantitative estimate of drug-likeness (QED) is 0.814. The molecule has 0 unspecified atom stereocenters. The predicted octanol–water partition coefficient (Wildman–Crippen LogP) is 2.56. The zero-order valence-electron chi connectivity index (χ0n) is 10.8. The molecule has 0 atom stereocenters. The van der Waals surface area contributed by atoms with Crippen molar-refractivity contribution in [3.63, 3.8) is 0 Å². The summed E-state index contributed by atoms with van der Waals surface area (Å²) < 4.78 is 1.99. The fraction of sp³-hybridized carbons (Fsp3) is 0.462. The maximum Gasteiger partial charge on any atom is 0.195 e. The summed E-state index contributed by atoms with van der Waals surface area (Å²) in [6.07, 6.45) is 6.59. The van der Waals surface area contributed by atoms with Gasteiger partial charge in [-0.25, -0.2) is 15.0 Å². The molecule has 0 aliphatic heterocycles. The van der Waals surface area contributed by atoms with Gasteiger partial charge >= 0.3 is 0 Å². The summed E-state index contributed by atoms with van der Waals surface area (Å²) >= 11 is 0. The van der Waals surface area contributed by atoms with Crippen LogP contribution in [0, 0.1) is 0 Å². The Morgan fingerprint density at radius 1 is 1.24 bits per heavy atom. The molecule has 0 saturated heterocycles. The van der Waals surface area contributed by atoms with Crippen molar-refractivity contribution in [3.05, 3.63) is 30.4 Å². The maximum absolute atomic E-state index is 4.66. The number of aryl methyl sites for hydroxylation is 1. The first-order valence-electron chi connectivity index (χ1n) is 5.86. The van der Waals surface area contributed by atoms with E-state index in [1.54, 1.807) is 12.4 Å². The first-order chi connectivity index (χ1) is 8.04. The van der Waals surface area contributed by atoms with Gasteiger partial charge in [0.05, 0.1) is 5.69 Å². The summed E-state index contributed by atoms with van der Waals surface area (Å²) in [5.41, 5.74) is 1.18. The maximum atomic E-state index is 4.66. The minimum absolute atomic E-state index is 0.0881. The summed E-state index contributed by atoms with van der Waals surface area (Å²) in [6, 6.07) is 1.81. The van der Waals surface area contributed by atoms with Gasteiger partial charge in [-0.3, -0.25) is 0 Å². The van der Waals surface area contributed by atoms with E-state index in [0.29, 0.717) is 5.82 Å². The molecule has 4 nitrogen and oxygen atoms in total. The van der Waals surface area contributed by atoms with Gasteiger partial charge in [0.1, 0.15) is 0 Å². The zero-order valence-corrected chi connectivity index (χ0v) is 10.8. The van der Waals surface area contributed by atoms with Gasteiger partial charge in [-0.1, -0.05) is 20.8 Å². The van der Waals surface area contributed by atoms with Crippen LogP contribution in [0.2, 0.25) is 0 Å². The molecule has 0 aliphatic rings. The van der Waals surface area contributed by atoms with Gasteiger partial charge in [0, 0.05) is 31.1 Å². The second kappa shape index (κ2) is 4.28. The van der Waals surface area contributed by atoms with Crippen molar-refractivity contribution in [2.24, 2.45) is 7.05 Å². The third-order valence-corrected chi connectivity index (χ3v) is 3.22. The van der Waals surface area contributed by atoms with E-state index < -0.39 is 0 Å². The van der Waals surface area contributed by atoms with Crippen LogP contribution in [-0.4, -0.2) is 19.5 Å². The lowest BCUT2D eigenvalue weighted by Crippen LogP contribution is -2.15. The van der Waals surface area contributed by atoms with E-state index in [0.717, 1.165) is 17.9 Å². The lowest BCUT2D eigenvalue weighted by molar-refractivity contribution is 0.492. The molecule has 0 amide bonds. The summed E-state index contributed by atoms with van der Waals surface area (Å²) in [4.78, 5) is 13.1. The van der Waals surface area contributed by atoms with Crippen LogP contribution in [0.1, 0.15) is 32.9 Å². The number of hydrogen-bond donors (Lipinski definition) is 0. The Morgan fingerprint density at radius 2 is 1.88 bits per heavy atom. The van der Waals surface area contributed by atoms with Crippen molar-refractivity contribution in [2.45, 2.75) is 32.6 Å². The number of nitrogens with zero attached hydrogens (tertiary/aromatic N) is 4. The van der Waals surface area contributed by atoms with E-state index in [1.807, 2.05) is 17.7 Å². The van der Waals surface area contributed by atoms with Crippen molar-refractivity contribution in [2.75, 3.05) is 0 Å². The molecule has 0 bridgehead atoms. The molecule has 0 fully saturated rings. The second-order valence-electron chi connectivity index (χ2n) is 4.87. The van der Waals surface area contributed by atoms with E-state index in [4.69, 9.17) is 0 Å². The lowest BCUT2D eigenvalue weighted by atomic mass is 9.87. The number of aromatic nitrogens is 4. The molecule has 2 aromatic rings. The summed E-state index contributed by atoms with van der Waals surface area (Å²) in [6.45, 7) is 6.57. The molecule has 17 heavy (non-hydrogen) atoms. The third kappa shape index (κ3) is 2.20. The Labute approximate surface area is 102 Å². The zero-order chi connectivity index (χ0) is 12.5. The minimum atomic E-state index is 0.0881. The van der Waals surface area contributed by atoms with Crippen molar-refractivity contribution < 1.29 is 0 Å². The van der Waals surface area contributed by atoms with Crippen LogP contribution in [-0.2, 0) is 12.5 Å². The number of rotatable bonds is 3. The van der Waals surface area contributed by atoms with Gasteiger partial charge in [-0.05, 0) is 12.5 Å². The Hall–Kier alpha value is -1.71. The molecular weight excluding hydrogens is 212 g/mol. The first-order valence-corrected chi connectivity index (χ1v) is 5.86. The fourth-order valence-electron chi connectivity index (χ4n) is 1.60. The summed E-state index contributed by atoms with van der Waals surface area (Å²) in [7, 11) is 1.98. The Morgan fingerprint density at radius 3 is 2.47 bits per heavy atom. The molecule has 2 heterocycles. The molecule has 0 saturated carbocycles. The molecular formula is C13H18N4. The van der Waals surface area contributed by atoms with Crippen LogP contribution in [0.4, 0.5) is 0 Å². The molecule has 90 valence electrons. The highest BCUT2D eigenvalue weighted by Crippen LogP contribution is 2.27. The standard InChI is InChI=1S/C13H18N4/c1-5-13(2,3)10-9-17(4)12(16-10)11-14-7-6-8-15-11/h6-9H,5H2,1-4H3. The van der Waals surface area contributed by atoms with Crippen molar-refractivity contribution in [1.82, 2.24) is 19.5 Å². The summed E-state index contributed by atoms with van der Waals surface area (Å²) in [5, 5.41) is 0. The van der Waals surface area contributed by atoms with Gasteiger partial charge in [-0.15, -0.1) is 0 Å². The third-order valence-electron chi connectivity index (χ3n) is 3.22. The first kappa shape index (κ1) is 11.8. The Balaban J connectivity index is 2.45. The van der Waals surface area contributed by atoms with E-state index in [9.17, 15) is 0 Å². The van der Waals surface area contributed by atoms with Gasteiger partial charge in [0.2, 0.25) is 0 Å². The van der Waals surface area contributed by atoms with Crippen molar-refractivity contribution in [1.29, 1.82) is 0 Å². The van der Waals surface area contributed by atoms with E-state index in [1.165, 1.54) is 0 Å². The highest BCUT2D eigenvalue weighted by molar-refractivity contribution is 5.44. The highest BCUT2D eigenvalue weighted by atomic mass is 15.1. The van der Waals surface area contributed by atoms with Crippen molar-refractivity contribution in [3.8, 4) is 11.6 Å². The number of imidazole rings is 1. The normalized spacial score (nSPS) is 11.8. The van der Waals surface area contributed by atoms with Crippen molar-refractivity contribution >= 4 is 0 Å². The van der Waals surface area contributed by atoms with E-state index in [2.05, 4.69) is 41.9 Å². The molecule has 2 aromatic heterocycles. The highest BCUT2D eigenvalue weighted by Gasteiger charge is 2.23. The van der Waals surface area contributed by atoms with Gasteiger partial charge in [-0.2, -0.15) is 0 Å². The Bertz CT molecular complexity index is 499. The van der Waals surface area contributed by atoms with Gasteiger partial charge < -0.3 is 4.57 Å². The average Bonchev–Trinajstić information content (AvgIpc) is 2.73. The lowest BCUT2D eigenvalue weighted by Gasteiger charge is -2.19.